The van der Waals surface area contributed by atoms with Crippen molar-refractivity contribution >= 4 is 17.0 Å². The van der Waals surface area contributed by atoms with Gasteiger partial charge in [0.2, 0.25) is 0 Å². The first-order chi connectivity index (χ1) is 13.6. The van der Waals surface area contributed by atoms with Crippen LogP contribution in [0.2, 0.25) is 0 Å². The molecule has 9 heteroatoms. The summed E-state index contributed by atoms with van der Waals surface area (Å²) in [5.41, 5.74) is 0.673. The summed E-state index contributed by atoms with van der Waals surface area (Å²) in [4.78, 5) is 8.94. The highest BCUT2D eigenvalue weighted by atomic mass is 19.4. The zero-order valence-corrected chi connectivity index (χ0v) is 16.0. The number of imidazole rings is 1. The van der Waals surface area contributed by atoms with Gasteiger partial charge in [-0.05, 0) is 56.0 Å². The molecule has 2 aromatic heterocycles. The first-order valence-corrected chi connectivity index (χ1v) is 9.34. The molecule has 3 aromatic rings. The number of phenols is 1. The summed E-state index contributed by atoms with van der Waals surface area (Å²) in [6.07, 6.45) is -2.41. The van der Waals surface area contributed by atoms with Crippen molar-refractivity contribution in [3.8, 4) is 17.1 Å². The molecular formula is C20H21F3N4O2. The van der Waals surface area contributed by atoms with E-state index in [2.05, 4.69) is 15.3 Å². The average Bonchev–Trinajstić information content (AvgIpc) is 3.17. The third-order valence-corrected chi connectivity index (χ3v) is 5.42. The Hall–Kier alpha value is -2.81. The van der Waals surface area contributed by atoms with Crippen LogP contribution in [0.5, 0.6) is 5.75 Å². The van der Waals surface area contributed by atoms with E-state index >= 15 is 0 Å². The number of fused-ring (bicyclic) bond motifs is 1. The molecule has 1 aliphatic carbocycles. The Balaban J connectivity index is 1.74. The Morgan fingerprint density at radius 1 is 1.17 bits per heavy atom. The Morgan fingerprint density at radius 2 is 1.93 bits per heavy atom. The quantitative estimate of drug-likeness (QED) is 0.613. The number of pyridine rings is 1. The van der Waals surface area contributed by atoms with E-state index in [9.17, 15) is 23.4 Å². The minimum absolute atomic E-state index is 0.0654. The lowest BCUT2D eigenvalue weighted by molar-refractivity contribution is -0.137. The largest absolute Gasteiger partial charge is 0.507 e. The van der Waals surface area contributed by atoms with E-state index in [0.29, 0.717) is 28.9 Å². The van der Waals surface area contributed by atoms with E-state index in [0.717, 1.165) is 25.3 Å². The molecule has 0 amide bonds. The van der Waals surface area contributed by atoms with E-state index in [1.807, 2.05) is 0 Å². The van der Waals surface area contributed by atoms with E-state index in [-0.39, 0.29) is 17.2 Å². The molecule has 1 aromatic carbocycles. The van der Waals surface area contributed by atoms with Crippen LogP contribution in [-0.4, -0.2) is 36.9 Å². The molecule has 0 unspecified atom stereocenters. The molecule has 0 bridgehead atoms. The number of aliphatic hydroxyl groups excluding tert-OH is 1. The van der Waals surface area contributed by atoms with Crippen molar-refractivity contribution in [2.45, 2.75) is 44.5 Å². The summed E-state index contributed by atoms with van der Waals surface area (Å²) in [5.74, 6) is 0.416. The minimum Gasteiger partial charge on any atom is -0.507 e. The fourth-order valence-electron chi connectivity index (χ4n) is 3.90. The normalized spacial score (nSPS) is 19.8. The summed E-state index contributed by atoms with van der Waals surface area (Å²) in [6, 6.07) is 5.22. The lowest BCUT2D eigenvalue weighted by Crippen LogP contribution is -2.28. The molecule has 2 atom stereocenters. The highest BCUT2D eigenvalue weighted by Gasteiger charge is 2.32. The van der Waals surface area contributed by atoms with Gasteiger partial charge in [-0.2, -0.15) is 13.2 Å². The molecule has 154 valence electrons. The number of anilines is 1. The van der Waals surface area contributed by atoms with E-state index < -0.39 is 23.6 Å². The summed E-state index contributed by atoms with van der Waals surface area (Å²) in [7, 11) is 1.72. The summed E-state index contributed by atoms with van der Waals surface area (Å²) in [5, 5.41) is 23.5. The minimum atomic E-state index is -4.54. The molecule has 6 nitrogen and oxygen atoms in total. The fourth-order valence-corrected chi connectivity index (χ4v) is 3.90. The standard InChI is InChI=1S/C20H21F3N4O2/c1-10-8-11(20(21,22)23)9-15(29)17(10)19-26-18-13(27(19)2)6-7-16(25-18)24-12-4-3-5-14(12)28/h6-9,12,14,28-29H,3-5H2,1-2H3,(H,24,25)/t12-,14+/m1/s1. The van der Waals surface area contributed by atoms with Crippen LogP contribution in [0.1, 0.15) is 30.4 Å². The lowest BCUT2D eigenvalue weighted by Gasteiger charge is -2.16. The molecule has 4 rings (SSSR count). The van der Waals surface area contributed by atoms with Gasteiger partial charge in [-0.25, -0.2) is 9.97 Å². The van der Waals surface area contributed by atoms with Crippen LogP contribution in [0.25, 0.3) is 22.6 Å². The topological polar surface area (TPSA) is 83.2 Å². The molecule has 29 heavy (non-hydrogen) atoms. The maximum absolute atomic E-state index is 13.0. The van der Waals surface area contributed by atoms with Gasteiger partial charge in [0.15, 0.2) is 5.65 Å². The molecule has 0 radical (unpaired) electrons. The zero-order chi connectivity index (χ0) is 20.9. The number of nitrogens with zero attached hydrogens (tertiary/aromatic N) is 3. The van der Waals surface area contributed by atoms with Gasteiger partial charge in [0.05, 0.1) is 28.8 Å². The van der Waals surface area contributed by atoms with Crippen LogP contribution >= 0.6 is 0 Å². The van der Waals surface area contributed by atoms with Gasteiger partial charge in [0.1, 0.15) is 17.4 Å². The van der Waals surface area contributed by atoms with Crippen molar-refractivity contribution in [3.05, 3.63) is 35.4 Å². The average molecular weight is 406 g/mol. The molecule has 1 aliphatic rings. The number of phenolic OH excluding ortho intramolecular Hbond substituents is 1. The van der Waals surface area contributed by atoms with Crippen LogP contribution < -0.4 is 5.32 Å². The molecule has 0 spiro atoms. The van der Waals surface area contributed by atoms with Crippen molar-refractivity contribution < 1.29 is 23.4 Å². The third-order valence-electron chi connectivity index (χ3n) is 5.42. The predicted molar refractivity (Wildman–Crippen MR) is 103 cm³/mol. The number of aryl methyl sites for hydroxylation is 2. The number of rotatable bonds is 3. The maximum atomic E-state index is 13.0. The van der Waals surface area contributed by atoms with E-state index in [1.165, 1.54) is 6.92 Å². The van der Waals surface area contributed by atoms with Crippen LogP contribution in [0.15, 0.2) is 24.3 Å². The SMILES string of the molecule is Cc1cc(C(F)(F)F)cc(O)c1-c1nc2nc(N[C@@H]3CCC[C@@H]3O)ccc2n1C. The number of nitrogens with one attached hydrogen (secondary N) is 1. The second-order valence-corrected chi connectivity index (χ2v) is 7.47. The number of aromatic nitrogens is 3. The molecule has 1 saturated carbocycles. The third kappa shape index (κ3) is 3.50. The van der Waals surface area contributed by atoms with Gasteiger partial charge >= 0.3 is 6.18 Å². The van der Waals surface area contributed by atoms with Crippen molar-refractivity contribution in [2.24, 2.45) is 7.05 Å². The molecule has 0 saturated heterocycles. The Kier molecular flexibility index (Phi) is 4.65. The molecule has 1 fully saturated rings. The van der Waals surface area contributed by atoms with Crippen molar-refractivity contribution in [1.82, 2.24) is 14.5 Å². The van der Waals surface area contributed by atoms with Crippen molar-refractivity contribution in [2.75, 3.05) is 5.32 Å². The maximum Gasteiger partial charge on any atom is 0.416 e. The Morgan fingerprint density at radius 3 is 2.55 bits per heavy atom. The van der Waals surface area contributed by atoms with Gasteiger partial charge < -0.3 is 20.1 Å². The first-order valence-electron chi connectivity index (χ1n) is 9.34. The van der Waals surface area contributed by atoms with Crippen molar-refractivity contribution in [3.63, 3.8) is 0 Å². The Bertz CT molecular complexity index is 1050. The van der Waals surface area contributed by atoms with Gasteiger partial charge in [-0.1, -0.05) is 0 Å². The summed E-state index contributed by atoms with van der Waals surface area (Å²) in [6.45, 7) is 1.51. The number of hydrogen-bond acceptors (Lipinski definition) is 5. The number of benzene rings is 1. The second-order valence-electron chi connectivity index (χ2n) is 7.47. The lowest BCUT2D eigenvalue weighted by atomic mass is 10.0. The number of aliphatic hydroxyl groups is 1. The molecule has 2 heterocycles. The predicted octanol–water partition coefficient (Wildman–Crippen LogP) is 3.99. The Labute approximate surface area is 165 Å². The van der Waals surface area contributed by atoms with E-state index in [1.54, 1.807) is 23.7 Å². The number of hydrogen-bond donors (Lipinski definition) is 3. The highest BCUT2D eigenvalue weighted by molar-refractivity contribution is 5.81. The van der Waals surface area contributed by atoms with Crippen LogP contribution in [-0.2, 0) is 13.2 Å². The summed E-state index contributed by atoms with van der Waals surface area (Å²) < 4.78 is 40.7. The highest BCUT2D eigenvalue weighted by Crippen LogP contribution is 2.39. The number of aromatic hydroxyl groups is 1. The number of alkyl halides is 3. The molecule has 0 aliphatic heterocycles. The van der Waals surface area contributed by atoms with Crippen LogP contribution in [0, 0.1) is 6.92 Å². The van der Waals surface area contributed by atoms with Gasteiger partial charge in [-0.3, -0.25) is 0 Å². The number of halogens is 3. The monoisotopic (exact) mass is 406 g/mol. The van der Waals surface area contributed by atoms with Crippen molar-refractivity contribution in [1.29, 1.82) is 0 Å². The fraction of sp³-hybridized carbons (Fsp3) is 0.400. The molecular weight excluding hydrogens is 385 g/mol. The second kappa shape index (κ2) is 6.91. The van der Waals surface area contributed by atoms with Gasteiger partial charge in [0, 0.05) is 7.05 Å². The smallest absolute Gasteiger partial charge is 0.416 e. The van der Waals surface area contributed by atoms with Gasteiger partial charge in [0.25, 0.3) is 0 Å². The summed E-state index contributed by atoms with van der Waals surface area (Å²) >= 11 is 0. The first kappa shape index (κ1) is 19.5. The van der Waals surface area contributed by atoms with E-state index in [4.69, 9.17) is 0 Å². The zero-order valence-electron chi connectivity index (χ0n) is 16.0. The van der Waals surface area contributed by atoms with Crippen LogP contribution in [0.3, 0.4) is 0 Å². The van der Waals surface area contributed by atoms with Gasteiger partial charge in [-0.15, -0.1) is 0 Å². The molecule has 3 N–H and O–H groups in total. The van der Waals surface area contributed by atoms with Crippen LogP contribution in [0.4, 0.5) is 19.0 Å².